The van der Waals surface area contributed by atoms with E-state index in [4.69, 9.17) is 10.5 Å². The molecule has 1 aliphatic heterocycles. The summed E-state index contributed by atoms with van der Waals surface area (Å²) < 4.78 is 5.50. The molecule has 0 aromatic heterocycles. The van der Waals surface area contributed by atoms with Crippen molar-refractivity contribution in [2.75, 3.05) is 6.61 Å². The lowest BCUT2D eigenvalue weighted by atomic mass is 10.1. The third kappa shape index (κ3) is 3.80. The van der Waals surface area contributed by atoms with E-state index in [9.17, 15) is 4.79 Å². The van der Waals surface area contributed by atoms with Crippen LogP contribution in [0, 0.1) is 0 Å². The quantitative estimate of drug-likeness (QED) is 0.711. The first kappa shape index (κ1) is 12.5. The molecule has 0 aromatic carbocycles. The maximum absolute atomic E-state index is 11.6. The number of amides is 1. The zero-order chi connectivity index (χ0) is 11.3. The molecule has 0 aromatic rings. The number of hydrogen-bond donors (Lipinski definition) is 2. The molecule has 1 aliphatic rings. The molecule has 0 aliphatic carbocycles. The van der Waals surface area contributed by atoms with E-state index in [2.05, 4.69) is 5.32 Å². The summed E-state index contributed by atoms with van der Waals surface area (Å²) in [5, 5.41) is 2.92. The zero-order valence-corrected chi connectivity index (χ0v) is 9.66. The highest BCUT2D eigenvalue weighted by atomic mass is 16.5. The van der Waals surface area contributed by atoms with Crippen molar-refractivity contribution < 1.29 is 9.53 Å². The molecule has 0 bridgehead atoms. The van der Waals surface area contributed by atoms with Gasteiger partial charge in [0.25, 0.3) is 0 Å². The monoisotopic (exact) mass is 214 g/mol. The normalized spacial score (nSPS) is 24.9. The Morgan fingerprint density at radius 3 is 2.93 bits per heavy atom. The van der Waals surface area contributed by atoms with Crippen LogP contribution in [0.5, 0.6) is 0 Å². The molecule has 88 valence electrons. The second-order valence-electron chi connectivity index (χ2n) is 4.24. The molecule has 0 radical (unpaired) electrons. The summed E-state index contributed by atoms with van der Waals surface area (Å²) >= 11 is 0. The van der Waals surface area contributed by atoms with Crippen LogP contribution in [0.1, 0.15) is 39.5 Å². The lowest BCUT2D eigenvalue weighted by Crippen LogP contribution is -2.48. The minimum atomic E-state index is -0.376. The summed E-state index contributed by atoms with van der Waals surface area (Å²) in [6.07, 6.45) is 3.96. The molecule has 4 heteroatoms. The SMILES string of the molecule is CCC[C@H](N)C(=O)NC(C)C1CCCO1. The molecular weight excluding hydrogens is 192 g/mol. The molecule has 1 amide bonds. The van der Waals surface area contributed by atoms with Crippen LogP contribution in [0.15, 0.2) is 0 Å². The van der Waals surface area contributed by atoms with Gasteiger partial charge >= 0.3 is 0 Å². The Morgan fingerprint density at radius 2 is 2.40 bits per heavy atom. The predicted molar refractivity (Wildman–Crippen MR) is 59.5 cm³/mol. The molecule has 1 rings (SSSR count). The zero-order valence-electron chi connectivity index (χ0n) is 9.66. The first-order valence-electron chi connectivity index (χ1n) is 5.82. The van der Waals surface area contributed by atoms with Gasteiger partial charge in [-0.15, -0.1) is 0 Å². The van der Waals surface area contributed by atoms with Gasteiger partial charge in [0.1, 0.15) is 0 Å². The Hall–Kier alpha value is -0.610. The van der Waals surface area contributed by atoms with E-state index < -0.39 is 0 Å². The Kier molecular flexibility index (Phi) is 5.05. The molecule has 4 nitrogen and oxygen atoms in total. The highest BCUT2D eigenvalue weighted by molar-refractivity contribution is 5.81. The Bertz CT molecular complexity index is 203. The number of rotatable bonds is 5. The van der Waals surface area contributed by atoms with Gasteiger partial charge in [-0.1, -0.05) is 13.3 Å². The summed E-state index contributed by atoms with van der Waals surface area (Å²) in [6.45, 7) is 4.81. The predicted octanol–water partition coefficient (Wildman–Crippen LogP) is 0.797. The maximum atomic E-state index is 11.6. The van der Waals surface area contributed by atoms with Crippen molar-refractivity contribution in [1.82, 2.24) is 5.32 Å². The van der Waals surface area contributed by atoms with E-state index in [0.29, 0.717) is 0 Å². The van der Waals surface area contributed by atoms with E-state index in [1.807, 2.05) is 13.8 Å². The minimum absolute atomic E-state index is 0.0557. The third-order valence-electron chi connectivity index (χ3n) is 2.83. The van der Waals surface area contributed by atoms with Crippen LogP contribution >= 0.6 is 0 Å². The van der Waals surface area contributed by atoms with Crippen molar-refractivity contribution in [2.24, 2.45) is 5.73 Å². The number of hydrogen-bond acceptors (Lipinski definition) is 3. The van der Waals surface area contributed by atoms with E-state index >= 15 is 0 Å². The van der Waals surface area contributed by atoms with E-state index in [1.54, 1.807) is 0 Å². The average molecular weight is 214 g/mol. The second kappa shape index (κ2) is 6.08. The lowest BCUT2D eigenvalue weighted by Gasteiger charge is -2.21. The molecule has 1 saturated heterocycles. The number of carbonyl (C=O) groups excluding carboxylic acids is 1. The van der Waals surface area contributed by atoms with Crippen LogP contribution in [0.4, 0.5) is 0 Å². The summed E-state index contributed by atoms with van der Waals surface area (Å²) in [5.41, 5.74) is 5.72. The van der Waals surface area contributed by atoms with Crippen molar-refractivity contribution in [2.45, 2.75) is 57.7 Å². The van der Waals surface area contributed by atoms with Crippen LogP contribution in [0.3, 0.4) is 0 Å². The summed E-state index contributed by atoms with van der Waals surface area (Å²) in [5.74, 6) is -0.0557. The van der Waals surface area contributed by atoms with E-state index in [1.165, 1.54) is 0 Å². The number of nitrogens with one attached hydrogen (secondary N) is 1. The van der Waals surface area contributed by atoms with Gasteiger partial charge in [-0.05, 0) is 26.2 Å². The van der Waals surface area contributed by atoms with E-state index in [0.717, 1.165) is 32.3 Å². The molecule has 1 heterocycles. The van der Waals surface area contributed by atoms with Crippen molar-refractivity contribution in [3.63, 3.8) is 0 Å². The Morgan fingerprint density at radius 1 is 1.67 bits per heavy atom. The minimum Gasteiger partial charge on any atom is -0.376 e. The van der Waals surface area contributed by atoms with Crippen LogP contribution in [-0.2, 0) is 9.53 Å². The second-order valence-corrected chi connectivity index (χ2v) is 4.24. The van der Waals surface area contributed by atoms with Crippen molar-refractivity contribution in [1.29, 1.82) is 0 Å². The highest BCUT2D eigenvalue weighted by Crippen LogP contribution is 2.15. The van der Waals surface area contributed by atoms with Crippen LogP contribution in [0.2, 0.25) is 0 Å². The summed E-state index contributed by atoms with van der Waals surface area (Å²) in [6, 6.07) is -0.304. The highest BCUT2D eigenvalue weighted by Gasteiger charge is 2.24. The van der Waals surface area contributed by atoms with Gasteiger partial charge in [0.05, 0.1) is 18.2 Å². The summed E-state index contributed by atoms with van der Waals surface area (Å²) in [4.78, 5) is 11.6. The molecule has 1 fully saturated rings. The van der Waals surface area contributed by atoms with Gasteiger partial charge in [0.15, 0.2) is 0 Å². The summed E-state index contributed by atoms with van der Waals surface area (Å²) in [7, 11) is 0. The molecule has 0 spiro atoms. The van der Waals surface area contributed by atoms with Crippen LogP contribution < -0.4 is 11.1 Å². The fraction of sp³-hybridized carbons (Fsp3) is 0.909. The van der Waals surface area contributed by atoms with Gasteiger partial charge in [-0.3, -0.25) is 4.79 Å². The van der Waals surface area contributed by atoms with Gasteiger partial charge in [0, 0.05) is 6.61 Å². The van der Waals surface area contributed by atoms with Gasteiger partial charge in [0.2, 0.25) is 5.91 Å². The molecule has 0 saturated carbocycles. The first-order chi connectivity index (χ1) is 7.15. The number of nitrogens with two attached hydrogens (primary N) is 1. The van der Waals surface area contributed by atoms with E-state index in [-0.39, 0.29) is 24.1 Å². The van der Waals surface area contributed by atoms with Crippen LogP contribution in [-0.4, -0.2) is 30.7 Å². The Balaban J connectivity index is 2.29. The van der Waals surface area contributed by atoms with Gasteiger partial charge < -0.3 is 15.8 Å². The molecule has 15 heavy (non-hydrogen) atoms. The molecule has 2 unspecified atom stereocenters. The fourth-order valence-electron chi connectivity index (χ4n) is 1.86. The number of ether oxygens (including phenoxy) is 1. The Labute approximate surface area is 91.5 Å². The van der Waals surface area contributed by atoms with Crippen LogP contribution in [0.25, 0.3) is 0 Å². The molecule has 3 atom stereocenters. The van der Waals surface area contributed by atoms with Gasteiger partial charge in [-0.2, -0.15) is 0 Å². The maximum Gasteiger partial charge on any atom is 0.237 e. The molecular formula is C11H22N2O2. The van der Waals surface area contributed by atoms with Crippen molar-refractivity contribution in [3.05, 3.63) is 0 Å². The van der Waals surface area contributed by atoms with Gasteiger partial charge in [-0.25, -0.2) is 0 Å². The smallest absolute Gasteiger partial charge is 0.237 e. The largest absolute Gasteiger partial charge is 0.376 e. The third-order valence-corrected chi connectivity index (χ3v) is 2.83. The average Bonchev–Trinajstić information content (AvgIpc) is 2.70. The first-order valence-corrected chi connectivity index (χ1v) is 5.82. The fourth-order valence-corrected chi connectivity index (χ4v) is 1.86. The van der Waals surface area contributed by atoms with Crippen molar-refractivity contribution in [3.8, 4) is 0 Å². The molecule has 3 N–H and O–H groups in total. The lowest BCUT2D eigenvalue weighted by molar-refractivity contribution is -0.124. The number of carbonyl (C=O) groups is 1. The standard InChI is InChI=1S/C11H22N2O2/c1-3-5-9(12)11(14)13-8(2)10-6-4-7-15-10/h8-10H,3-7,12H2,1-2H3,(H,13,14)/t8?,9-,10?/m0/s1. The van der Waals surface area contributed by atoms with Crippen molar-refractivity contribution >= 4 is 5.91 Å². The topological polar surface area (TPSA) is 64.4 Å².